The zero-order chi connectivity index (χ0) is 14.8. The summed E-state index contributed by atoms with van der Waals surface area (Å²) >= 11 is 16.2. The summed E-state index contributed by atoms with van der Waals surface area (Å²) in [6.45, 7) is 1.97. The van der Waals surface area contributed by atoms with Crippen LogP contribution in [0, 0.1) is 0 Å². The summed E-state index contributed by atoms with van der Waals surface area (Å²) < 4.78 is 1.11. The van der Waals surface area contributed by atoms with Crippen LogP contribution in [-0.4, -0.2) is 13.1 Å². The molecule has 1 N–H and O–H groups in total. The van der Waals surface area contributed by atoms with Gasteiger partial charge in [-0.05, 0) is 60.3 Å². The van der Waals surface area contributed by atoms with Crippen LogP contribution in [0.3, 0.4) is 0 Å². The quantitative estimate of drug-likeness (QED) is 0.708. The minimum atomic E-state index is 0.395. The number of piperidine rings is 1. The summed E-state index contributed by atoms with van der Waals surface area (Å²) in [6.07, 6.45) is 1.07. The average Bonchev–Trinajstić information content (AvgIpc) is 2.50. The SMILES string of the molecule is Clc1ccc(Cl)c(C2CCNCC2c2cccc(Br)c2)c1. The summed E-state index contributed by atoms with van der Waals surface area (Å²) in [5.41, 5.74) is 2.49. The van der Waals surface area contributed by atoms with Crippen molar-refractivity contribution in [2.75, 3.05) is 13.1 Å². The van der Waals surface area contributed by atoms with Gasteiger partial charge in [-0.1, -0.05) is 51.3 Å². The van der Waals surface area contributed by atoms with Gasteiger partial charge >= 0.3 is 0 Å². The maximum Gasteiger partial charge on any atom is 0.0442 e. The maximum absolute atomic E-state index is 6.43. The minimum Gasteiger partial charge on any atom is -0.316 e. The van der Waals surface area contributed by atoms with Gasteiger partial charge in [0.05, 0.1) is 0 Å². The molecule has 0 bridgehead atoms. The lowest BCUT2D eigenvalue weighted by molar-refractivity contribution is 0.404. The number of hydrogen-bond donors (Lipinski definition) is 1. The van der Waals surface area contributed by atoms with E-state index in [-0.39, 0.29) is 0 Å². The fraction of sp³-hybridized carbons (Fsp3) is 0.294. The maximum atomic E-state index is 6.43. The summed E-state index contributed by atoms with van der Waals surface area (Å²) in [4.78, 5) is 0. The van der Waals surface area contributed by atoms with Crippen LogP contribution in [-0.2, 0) is 0 Å². The molecule has 1 saturated heterocycles. The van der Waals surface area contributed by atoms with E-state index >= 15 is 0 Å². The summed E-state index contributed by atoms with van der Waals surface area (Å²) in [7, 11) is 0. The highest BCUT2D eigenvalue weighted by Crippen LogP contribution is 2.41. The third-order valence-corrected chi connectivity index (χ3v) is 5.19. The van der Waals surface area contributed by atoms with Crippen LogP contribution < -0.4 is 5.32 Å². The second-order valence-corrected chi connectivity index (χ2v) is 7.19. The molecule has 0 amide bonds. The molecular formula is C17H16BrCl2N. The highest BCUT2D eigenvalue weighted by Gasteiger charge is 2.29. The lowest BCUT2D eigenvalue weighted by atomic mass is 9.77. The first kappa shape index (κ1) is 15.4. The van der Waals surface area contributed by atoms with Gasteiger partial charge < -0.3 is 5.32 Å². The van der Waals surface area contributed by atoms with Gasteiger partial charge in [-0.2, -0.15) is 0 Å². The highest BCUT2D eigenvalue weighted by molar-refractivity contribution is 9.10. The largest absolute Gasteiger partial charge is 0.316 e. The van der Waals surface area contributed by atoms with Gasteiger partial charge in [0.15, 0.2) is 0 Å². The van der Waals surface area contributed by atoms with Gasteiger partial charge in [-0.25, -0.2) is 0 Å². The number of halogens is 3. The van der Waals surface area contributed by atoms with E-state index in [0.29, 0.717) is 11.8 Å². The molecule has 1 aliphatic rings. The second kappa shape index (κ2) is 6.70. The van der Waals surface area contributed by atoms with Crippen LogP contribution in [0.4, 0.5) is 0 Å². The monoisotopic (exact) mass is 383 g/mol. The first-order valence-electron chi connectivity index (χ1n) is 7.06. The number of benzene rings is 2. The van der Waals surface area contributed by atoms with Gasteiger partial charge in [0.2, 0.25) is 0 Å². The van der Waals surface area contributed by atoms with Crippen molar-refractivity contribution in [2.45, 2.75) is 18.3 Å². The highest BCUT2D eigenvalue weighted by atomic mass is 79.9. The first-order valence-corrected chi connectivity index (χ1v) is 8.61. The molecule has 21 heavy (non-hydrogen) atoms. The Kier molecular flexibility index (Phi) is 4.90. The molecule has 1 nitrogen and oxygen atoms in total. The Morgan fingerprint density at radius 2 is 1.90 bits per heavy atom. The Labute approximate surface area is 143 Å². The summed E-state index contributed by atoms with van der Waals surface area (Å²) in [6, 6.07) is 14.3. The topological polar surface area (TPSA) is 12.0 Å². The van der Waals surface area contributed by atoms with Crippen LogP contribution in [0.1, 0.15) is 29.4 Å². The van der Waals surface area contributed by atoms with E-state index < -0.39 is 0 Å². The molecule has 110 valence electrons. The van der Waals surface area contributed by atoms with Gasteiger partial charge in [0.1, 0.15) is 0 Å². The number of rotatable bonds is 2. The van der Waals surface area contributed by atoms with Crippen molar-refractivity contribution >= 4 is 39.1 Å². The standard InChI is InChI=1S/C17H16BrCl2N/c18-12-3-1-2-11(8-12)16-10-21-7-6-14(16)15-9-13(19)4-5-17(15)20/h1-5,8-9,14,16,21H,6-7,10H2. The third kappa shape index (κ3) is 3.45. The molecule has 3 rings (SSSR count). The Morgan fingerprint density at radius 3 is 2.71 bits per heavy atom. The molecule has 0 radical (unpaired) electrons. The van der Waals surface area contributed by atoms with E-state index in [1.54, 1.807) is 0 Å². The Morgan fingerprint density at radius 1 is 1.05 bits per heavy atom. The van der Waals surface area contributed by atoms with E-state index in [4.69, 9.17) is 23.2 Å². The van der Waals surface area contributed by atoms with Crippen LogP contribution in [0.25, 0.3) is 0 Å². The first-order chi connectivity index (χ1) is 10.1. The number of nitrogens with one attached hydrogen (secondary N) is 1. The van der Waals surface area contributed by atoms with Gasteiger partial charge in [-0.3, -0.25) is 0 Å². The van der Waals surface area contributed by atoms with Crippen molar-refractivity contribution < 1.29 is 0 Å². The second-order valence-electron chi connectivity index (χ2n) is 5.43. The lowest BCUT2D eigenvalue weighted by Crippen LogP contribution is -2.34. The summed E-state index contributed by atoms with van der Waals surface area (Å²) in [5, 5.41) is 5.06. The van der Waals surface area contributed by atoms with Crippen molar-refractivity contribution in [3.63, 3.8) is 0 Å². The van der Waals surface area contributed by atoms with E-state index in [0.717, 1.165) is 39.6 Å². The van der Waals surface area contributed by atoms with E-state index in [9.17, 15) is 0 Å². The Bertz CT molecular complexity index is 644. The molecule has 2 unspecified atom stereocenters. The third-order valence-electron chi connectivity index (χ3n) is 4.12. The fourth-order valence-electron chi connectivity index (χ4n) is 3.12. The summed E-state index contributed by atoms with van der Waals surface area (Å²) in [5.74, 6) is 0.805. The predicted octanol–water partition coefficient (Wildman–Crippen LogP) is 5.62. The minimum absolute atomic E-state index is 0.395. The zero-order valence-electron chi connectivity index (χ0n) is 11.5. The molecule has 0 aliphatic carbocycles. The zero-order valence-corrected chi connectivity index (χ0v) is 14.5. The molecule has 0 aromatic heterocycles. The van der Waals surface area contributed by atoms with E-state index in [1.165, 1.54) is 5.56 Å². The van der Waals surface area contributed by atoms with Gasteiger partial charge in [-0.15, -0.1) is 0 Å². The van der Waals surface area contributed by atoms with Gasteiger partial charge in [0, 0.05) is 27.0 Å². The molecular weight excluding hydrogens is 369 g/mol. The molecule has 1 aliphatic heterocycles. The van der Waals surface area contributed by atoms with Crippen molar-refractivity contribution in [3.05, 3.63) is 68.1 Å². The molecule has 4 heteroatoms. The molecule has 2 atom stereocenters. The van der Waals surface area contributed by atoms with Crippen molar-refractivity contribution in [2.24, 2.45) is 0 Å². The van der Waals surface area contributed by atoms with E-state index in [2.05, 4.69) is 45.5 Å². The average molecular weight is 385 g/mol. The Hall–Kier alpha value is -0.540. The molecule has 1 fully saturated rings. The normalized spacial score (nSPS) is 22.2. The Balaban J connectivity index is 2.00. The van der Waals surface area contributed by atoms with Crippen molar-refractivity contribution in [1.82, 2.24) is 5.32 Å². The van der Waals surface area contributed by atoms with Crippen LogP contribution in [0.15, 0.2) is 46.9 Å². The van der Waals surface area contributed by atoms with E-state index in [1.807, 2.05) is 18.2 Å². The smallest absolute Gasteiger partial charge is 0.0442 e. The van der Waals surface area contributed by atoms with Crippen molar-refractivity contribution in [1.29, 1.82) is 0 Å². The van der Waals surface area contributed by atoms with Crippen LogP contribution >= 0.6 is 39.1 Å². The molecule has 1 heterocycles. The molecule has 0 saturated carbocycles. The molecule has 0 spiro atoms. The number of hydrogen-bond acceptors (Lipinski definition) is 1. The van der Waals surface area contributed by atoms with Crippen molar-refractivity contribution in [3.8, 4) is 0 Å². The molecule has 2 aromatic carbocycles. The fourth-order valence-corrected chi connectivity index (χ4v) is 3.97. The van der Waals surface area contributed by atoms with Gasteiger partial charge in [0.25, 0.3) is 0 Å². The lowest BCUT2D eigenvalue weighted by Gasteiger charge is -2.33. The molecule has 2 aromatic rings. The van der Waals surface area contributed by atoms with Crippen LogP contribution in [0.2, 0.25) is 10.0 Å². The van der Waals surface area contributed by atoms with Crippen LogP contribution in [0.5, 0.6) is 0 Å². The predicted molar refractivity (Wildman–Crippen MR) is 93.6 cm³/mol.